The summed E-state index contributed by atoms with van der Waals surface area (Å²) in [6, 6.07) is 10.2. The van der Waals surface area contributed by atoms with Crippen LogP contribution < -0.4 is 10.6 Å². The smallest absolute Gasteiger partial charge is 0.234 e. The van der Waals surface area contributed by atoms with Crippen LogP contribution in [0.1, 0.15) is 5.56 Å². The molecule has 0 spiro atoms. The van der Waals surface area contributed by atoms with Gasteiger partial charge < -0.3 is 15.4 Å². The monoisotopic (exact) mass is 220 g/mol. The second kappa shape index (κ2) is 5.63. The maximum absolute atomic E-state index is 11.4. The SMILES string of the molecule is O=C(CNC1COC1)NCc1ccccc1. The summed E-state index contributed by atoms with van der Waals surface area (Å²) >= 11 is 0. The van der Waals surface area contributed by atoms with Gasteiger partial charge in [-0.25, -0.2) is 0 Å². The van der Waals surface area contributed by atoms with Crippen LogP contribution >= 0.6 is 0 Å². The summed E-state index contributed by atoms with van der Waals surface area (Å²) in [7, 11) is 0. The number of amides is 1. The third kappa shape index (κ3) is 3.32. The van der Waals surface area contributed by atoms with Crippen molar-refractivity contribution in [3.05, 3.63) is 35.9 Å². The van der Waals surface area contributed by atoms with Crippen LogP contribution in [-0.2, 0) is 16.1 Å². The summed E-state index contributed by atoms with van der Waals surface area (Å²) < 4.78 is 5.00. The molecule has 0 radical (unpaired) electrons. The summed E-state index contributed by atoms with van der Waals surface area (Å²) in [5.74, 6) is 0.0238. The third-order valence-corrected chi connectivity index (χ3v) is 2.52. The molecular formula is C12H16N2O2. The van der Waals surface area contributed by atoms with E-state index in [4.69, 9.17) is 4.74 Å². The maximum Gasteiger partial charge on any atom is 0.234 e. The minimum absolute atomic E-state index is 0.0238. The van der Waals surface area contributed by atoms with E-state index < -0.39 is 0 Å². The van der Waals surface area contributed by atoms with Gasteiger partial charge in [0.05, 0.1) is 25.8 Å². The molecule has 4 heteroatoms. The molecule has 1 heterocycles. The van der Waals surface area contributed by atoms with Gasteiger partial charge >= 0.3 is 0 Å². The van der Waals surface area contributed by atoms with Crippen LogP contribution in [0.4, 0.5) is 0 Å². The number of carbonyl (C=O) groups excluding carboxylic acids is 1. The van der Waals surface area contributed by atoms with Crippen molar-refractivity contribution in [1.82, 2.24) is 10.6 Å². The Bertz CT molecular complexity index is 336. The molecule has 1 aliphatic rings. The van der Waals surface area contributed by atoms with Crippen LogP contribution in [0.25, 0.3) is 0 Å². The number of nitrogens with one attached hydrogen (secondary N) is 2. The summed E-state index contributed by atoms with van der Waals surface area (Å²) in [4.78, 5) is 11.4. The Morgan fingerprint density at radius 1 is 1.31 bits per heavy atom. The summed E-state index contributed by atoms with van der Waals surface area (Å²) in [6.07, 6.45) is 0. The second-order valence-corrected chi connectivity index (χ2v) is 3.88. The van der Waals surface area contributed by atoms with E-state index in [0.29, 0.717) is 32.3 Å². The highest BCUT2D eigenvalue weighted by Crippen LogP contribution is 1.99. The second-order valence-electron chi connectivity index (χ2n) is 3.88. The molecule has 4 nitrogen and oxygen atoms in total. The molecule has 16 heavy (non-hydrogen) atoms. The molecular weight excluding hydrogens is 204 g/mol. The third-order valence-electron chi connectivity index (χ3n) is 2.52. The minimum Gasteiger partial charge on any atom is -0.378 e. The van der Waals surface area contributed by atoms with Crippen LogP contribution in [0.15, 0.2) is 30.3 Å². The van der Waals surface area contributed by atoms with Crippen molar-refractivity contribution < 1.29 is 9.53 Å². The molecule has 1 aromatic rings. The Labute approximate surface area is 95.0 Å². The van der Waals surface area contributed by atoms with Crippen molar-refractivity contribution in [2.24, 2.45) is 0 Å². The molecule has 0 aromatic heterocycles. The van der Waals surface area contributed by atoms with Crippen LogP contribution in [0.2, 0.25) is 0 Å². The molecule has 0 saturated carbocycles. The summed E-state index contributed by atoms with van der Waals surface area (Å²) in [5, 5.41) is 5.98. The lowest BCUT2D eigenvalue weighted by atomic mass is 10.2. The Hall–Kier alpha value is -1.39. The fraction of sp³-hybridized carbons (Fsp3) is 0.417. The molecule has 0 unspecified atom stereocenters. The van der Waals surface area contributed by atoms with Crippen LogP contribution in [0.3, 0.4) is 0 Å². The fourth-order valence-corrected chi connectivity index (χ4v) is 1.45. The van der Waals surface area contributed by atoms with Crippen LogP contribution in [-0.4, -0.2) is 31.7 Å². The molecule has 1 aliphatic heterocycles. The first-order valence-electron chi connectivity index (χ1n) is 5.46. The average Bonchev–Trinajstić information content (AvgIpc) is 2.26. The number of carbonyl (C=O) groups is 1. The first-order chi connectivity index (χ1) is 7.84. The Morgan fingerprint density at radius 3 is 2.69 bits per heavy atom. The largest absolute Gasteiger partial charge is 0.378 e. The number of hydrogen-bond acceptors (Lipinski definition) is 3. The van der Waals surface area contributed by atoms with E-state index in [1.165, 1.54) is 0 Å². The zero-order valence-electron chi connectivity index (χ0n) is 9.11. The molecule has 2 rings (SSSR count). The predicted octanol–water partition coefficient (Wildman–Crippen LogP) is 0.291. The standard InChI is InChI=1S/C12H16N2O2/c15-12(7-13-11-8-16-9-11)14-6-10-4-2-1-3-5-10/h1-5,11,13H,6-9H2,(H,14,15). The van der Waals surface area contributed by atoms with Gasteiger partial charge in [-0.15, -0.1) is 0 Å². The lowest BCUT2D eigenvalue weighted by molar-refractivity contribution is -0.121. The van der Waals surface area contributed by atoms with Gasteiger partial charge in [-0.1, -0.05) is 30.3 Å². The van der Waals surface area contributed by atoms with Crippen LogP contribution in [0, 0.1) is 0 Å². The van der Waals surface area contributed by atoms with E-state index in [-0.39, 0.29) is 5.91 Å². The normalized spacial score (nSPS) is 15.5. The molecule has 0 bridgehead atoms. The zero-order valence-corrected chi connectivity index (χ0v) is 9.11. The number of rotatable bonds is 5. The highest BCUT2D eigenvalue weighted by Gasteiger charge is 2.17. The summed E-state index contributed by atoms with van der Waals surface area (Å²) in [6.45, 7) is 2.38. The highest BCUT2D eigenvalue weighted by molar-refractivity contribution is 5.78. The minimum atomic E-state index is 0.0238. The van der Waals surface area contributed by atoms with E-state index in [1.54, 1.807) is 0 Å². The van der Waals surface area contributed by atoms with E-state index in [9.17, 15) is 4.79 Å². The van der Waals surface area contributed by atoms with Crippen molar-refractivity contribution in [2.75, 3.05) is 19.8 Å². The Kier molecular flexibility index (Phi) is 3.91. The van der Waals surface area contributed by atoms with Gasteiger partial charge in [0.15, 0.2) is 0 Å². The Morgan fingerprint density at radius 2 is 2.06 bits per heavy atom. The first kappa shape index (κ1) is 11.1. The quantitative estimate of drug-likeness (QED) is 0.750. The van der Waals surface area contributed by atoms with Crippen molar-refractivity contribution in [1.29, 1.82) is 0 Å². The maximum atomic E-state index is 11.4. The average molecular weight is 220 g/mol. The van der Waals surface area contributed by atoms with Gasteiger partial charge in [-0.2, -0.15) is 0 Å². The lowest BCUT2D eigenvalue weighted by Crippen LogP contribution is -2.49. The van der Waals surface area contributed by atoms with Gasteiger partial charge in [-0.05, 0) is 5.56 Å². The van der Waals surface area contributed by atoms with Gasteiger partial charge in [0.1, 0.15) is 0 Å². The lowest BCUT2D eigenvalue weighted by Gasteiger charge is -2.26. The van der Waals surface area contributed by atoms with Crippen molar-refractivity contribution in [2.45, 2.75) is 12.6 Å². The number of hydrogen-bond donors (Lipinski definition) is 2. The molecule has 0 aliphatic carbocycles. The van der Waals surface area contributed by atoms with Gasteiger partial charge in [-0.3, -0.25) is 4.79 Å². The molecule has 1 saturated heterocycles. The van der Waals surface area contributed by atoms with Gasteiger partial charge in [0.25, 0.3) is 0 Å². The topological polar surface area (TPSA) is 50.4 Å². The summed E-state index contributed by atoms with van der Waals surface area (Å²) in [5.41, 5.74) is 1.11. The van der Waals surface area contributed by atoms with E-state index in [1.807, 2.05) is 30.3 Å². The molecule has 0 atom stereocenters. The fourth-order valence-electron chi connectivity index (χ4n) is 1.45. The van der Waals surface area contributed by atoms with Gasteiger partial charge in [0, 0.05) is 6.54 Å². The Balaban J connectivity index is 1.63. The van der Waals surface area contributed by atoms with E-state index in [0.717, 1.165) is 5.56 Å². The zero-order chi connectivity index (χ0) is 11.2. The molecule has 1 fully saturated rings. The molecule has 1 amide bonds. The molecule has 1 aromatic carbocycles. The number of benzene rings is 1. The molecule has 2 N–H and O–H groups in total. The first-order valence-corrected chi connectivity index (χ1v) is 5.46. The van der Waals surface area contributed by atoms with E-state index in [2.05, 4.69) is 10.6 Å². The van der Waals surface area contributed by atoms with Crippen LogP contribution in [0.5, 0.6) is 0 Å². The van der Waals surface area contributed by atoms with Crippen molar-refractivity contribution in [3.8, 4) is 0 Å². The van der Waals surface area contributed by atoms with Gasteiger partial charge in [0.2, 0.25) is 5.91 Å². The van der Waals surface area contributed by atoms with Crippen molar-refractivity contribution in [3.63, 3.8) is 0 Å². The number of ether oxygens (including phenoxy) is 1. The van der Waals surface area contributed by atoms with Crippen molar-refractivity contribution >= 4 is 5.91 Å². The highest BCUT2D eigenvalue weighted by atomic mass is 16.5. The molecule has 86 valence electrons. The predicted molar refractivity (Wildman–Crippen MR) is 60.9 cm³/mol. The van der Waals surface area contributed by atoms with E-state index >= 15 is 0 Å².